The summed E-state index contributed by atoms with van der Waals surface area (Å²) in [5, 5.41) is 16.1. The summed E-state index contributed by atoms with van der Waals surface area (Å²) in [7, 11) is 0. The molecule has 1 atom stereocenters. The Balaban J connectivity index is 1.51. The van der Waals surface area contributed by atoms with Crippen LogP contribution in [0.15, 0.2) is 41.9 Å². The molecule has 0 radical (unpaired) electrons. The molecule has 0 aliphatic carbocycles. The van der Waals surface area contributed by atoms with E-state index in [-0.39, 0.29) is 18.3 Å². The number of hydrogen-bond donors (Lipinski definition) is 1. The van der Waals surface area contributed by atoms with E-state index in [9.17, 15) is 9.18 Å². The summed E-state index contributed by atoms with van der Waals surface area (Å²) < 4.78 is 14.7. The van der Waals surface area contributed by atoms with Gasteiger partial charge < -0.3 is 10.0 Å². The first-order valence-corrected chi connectivity index (χ1v) is 9.68. The summed E-state index contributed by atoms with van der Waals surface area (Å²) in [4.78, 5) is 18.0. The van der Waals surface area contributed by atoms with E-state index < -0.39 is 5.97 Å². The van der Waals surface area contributed by atoms with Gasteiger partial charge >= 0.3 is 5.97 Å². The number of aliphatic carboxylic acids is 1. The average Bonchev–Trinajstić information content (AvgIpc) is 3.32. The zero-order valence-electron chi connectivity index (χ0n) is 14.6. The van der Waals surface area contributed by atoms with E-state index in [0.29, 0.717) is 0 Å². The topological polar surface area (TPSA) is 71.2 Å². The number of piperidine rings is 1. The molecule has 0 saturated carbocycles. The number of anilines is 1. The molecule has 27 heavy (non-hydrogen) atoms. The van der Waals surface area contributed by atoms with Crippen LogP contribution in [0.5, 0.6) is 0 Å². The molecular formula is C19H19FN4O2S. The van der Waals surface area contributed by atoms with Crippen LogP contribution >= 0.6 is 11.3 Å². The molecule has 0 unspecified atom stereocenters. The number of carboxylic acids is 1. The standard InChI is InChI=1S/C19H19FN4O2S/c20-15-5-3-13(4-6-15)16-12-27-19(22-16)23-9-1-2-14(10-23)17-7-8-21-24(17)11-18(25)26/h3-8,12,14H,1-2,9-11H2,(H,25,26)/t14-/m1/s1. The van der Waals surface area contributed by atoms with Gasteiger partial charge in [-0.05, 0) is 43.2 Å². The maximum atomic E-state index is 13.1. The van der Waals surface area contributed by atoms with Crippen LogP contribution in [0.1, 0.15) is 24.5 Å². The van der Waals surface area contributed by atoms with Gasteiger partial charge in [-0.25, -0.2) is 9.37 Å². The van der Waals surface area contributed by atoms with Crippen LogP contribution < -0.4 is 4.90 Å². The van der Waals surface area contributed by atoms with Crippen LogP contribution in [0.2, 0.25) is 0 Å². The molecule has 1 aromatic carbocycles. The Labute approximate surface area is 159 Å². The highest BCUT2D eigenvalue weighted by Crippen LogP contribution is 2.33. The number of thiazole rings is 1. The maximum Gasteiger partial charge on any atom is 0.325 e. The first kappa shape index (κ1) is 17.7. The molecular weight excluding hydrogens is 367 g/mol. The molecule has 3 heterocycles. The van der Waals surface area contributed by atoms with Gasteiger partial charge in [-0.3, -0.25) is 9.48 Å². The molecule has 3 aromatic rings. The summed E-state index contributed by atoms with van der Waals surface area (Å²) in [6, 6.07) is 8.25. The highest BCUT2D eigenvalue weighted by atomic mass is 32.1. The van der Waals surface area contributed by atoms with Gasteiger partial charge in [-0.15, -0.1) is 11.3 Å². The van der Waals surface area contributed by atoms with Crippen LogP contribution in [-0.4, -0.2) is 38.9 Å². The van der Waals surface area contributed by atoms with Gasteiger partial charge in [0.2, 0.25) is 0 Å². The summed E-state index contributed by atoms with van der Waals surface area (Å²) in [6.45, 7) is 1.58. The molecule has 0 spiro atoms. The van der Waals surface area contributed by atoms with Crippen LogP contribution in [-0.2, 0) is 11.3 Å². The van der Waals surface area contributed by atoms with Crippen molar-refractivity contribution in [2.45, 2.75) is 25.3 Å². The number of carbonyl (C=O) groups is 1. The molecule has 8 heteroatoms. The molecule has 140 valence electrons. The maximum absolute atomic E-state index is 13.1. The van der Waals surface area contributed by atoms with Crippen molar-refractivity contribution >= 4 is 22.4 Å². The first-order valence-electron chi connectivity index (χ1n) is 8.80. The zero-order valence-corrected chi connectivity index (χ0v) is 15.4. The second-order valence-electron chi connectivity index (χ2n) is 6.61. The highest BCUT2D eigenvalue weighted by molar-refractivity contribution is 7.14. The number of rotatable bonds is 5. The third kappa shape index (κ3) is 3.85. The number of benzene rings is 1. The van der Waals surface area contributed by atoms with E-state index in [4.69, 9.17) is 10.1 Å². The van der Waals surface area contributed by atoms with Crippen molar-refractivity contribution in [1.82, 2.24) is 14.8 Å². The van der Waals surface area contributed by atoms with E-state index in [2.05, 4.69) is 10.00 Å². The third-order valence-electron chi connectivity index (χ3n) is 4.78. The highest BCUT2D eigenvalue weighted by Gasteiger charge is 2.26. The van der Waals surface area contributed by atoms with Crippen LogP contribution in [0, 0.1) is 5.82 Å². The molecule has 1 aliphatic rings. The van der Waals surface area contributed by atoms with Gasteiger partial charge in [0.15, 0.2) is 5.13 Å². The smallest absolute Gasteiger partial charge is 0.325 e. The van der Waals surface area contributed by atoms with Crippen molar-refractivity contribution < 1.29 is 14.3 Å². The molecule has 1 saturated heterocycles. The quantitative estimate of drug-likeness (QED) is 0.725. The zero-order chi connectivity index (χ0) is 18.8. The lowest BCUT2D eigenvalue weighted by molar-refractivity contribution is -0.137. The molecule has 1 aliphatic heterocycles. The second kappa shape index (κ2) is 7.48. The monoisotopic (exact) mass is 386 g/mol. The molecule has 0 bridgehead atoms. The fourth-order valence-electron chi connectivity index (χ4n) is 3.50. The summed E-state index contributed by atoms with van der Waals surface area (Å²) in [5.74, 6) is -0.929. The second-order valence-corrected chi connectivity index (χ2v) is 7.45. The minimum atomic E-state index is -0.892. The van der Waals surface area contributed by atoms with Crippen molar-refractivity contribution in [3.8, 4) is 11.3 Å². The molecule has 2 aromatic heterocycles. The minimum Gasteiger partial charge on any atom is -0.480 e. The van der Waals surface area contributed by atoms with Gasteiger partial charge in [0.1, 0.15) is 12.4 Å². The Kier molecular flexibility index (Phi) is 4.89. The number of hydrogen-bond acceptors (Lipinski definition) is 5. The third-order valence-corrected chi connectivity index (χ3v) is 5.68. The summed E-state index contributed by atoms with van der Waals surface area (Å²) >= 11 is 1.57. The lowest BCUT2D eigenvalue weighted by atomic mass is 9.95. The van der Waals surface area contributed by atoms with Crippen LogP contribution in [0.3, 0.4) is 0 Å². The molecule has 1 N–H and O–H groups in total. The Morgan fingerprint density at radius 1 is 1.30 bits per heavy atom. The van der Waals surface area contributed by atoms with Crippen molar-refractivity contribution in [3.63, 3.8) is 0 Å². The number of halogens is 1. The van der Waals surface area contributed by atoms with Gasteiger partial charge in [0, 0.05) is 41.8 Å². The van der Waals surface area contributed by atoms with Crippen LogP contribution in [0.4, 0.5) is 9.52 Å². The van der Waals surface area contributed by atoms with Crippen molar-refractivity contribution in [2.75, 3.05) is 18.0 Å². The first-order chi connectivity index (χ1) is 13.1. The molecule has 4 rings (SSSR count). The predicted octanol–water partition coefficient (Wildman–Crippen LogP) is 3.61. The van der Waals surface area contributed by atoms with Crippen molar-refractivity contribution in [3.05, 3.63) is 53.4 Å². The van der Waals surface area contributed by atoms with Crippen molar-refractivity contribution in [1.29, 1.82) is 0 Å². The lowest BCUT2D eigenvalue weighted by Gasteiger charge is -2.32. The fourth-order valence-corrected chi connectivity index (χ4v) is 4.38. The van der Waals surface area contributed by atoms with E-state index in [1.165, 1.54) is 12.1 Å². The Bertz CT molecular complexity index is 937. The SMILES string of the molecule is O=C(O)Cn1nccc1[C@@H]1CCCN(c2nc(-c3ccc(F)cc3)cs2)C1. The fraction of sp³-hybridized carbons (Fsp3) is 0.316. The Morgan fingerprint density at radius 2 is 2.11 bits per heavy atom. The molecule has 1 fully saturated rings. The minimum absolute atomic E-state index is 0.120. The number of aromatic nitrogens is 3. The Morgan fingerprint density at radius 3 is 2.89 bits per heavy atom. The normalized spacial score (nSPS) is 17.2. The van der Waals surface area contributed by atoms with E-state index in [1.807, 2.05) is 11.4 Å². The number of nitrogens with zero attached hydrogens (tertiary/aromatic N) is 4. The van der Waals surface area contributed by atoms with Gasteiger partial charge in [-0.1, -0.05) is 0 Å². The molecule has 6 nitrogen and oxygen atoms in total. The largest absolute Gasteiger partial charge is 0.480 e. The molecule has 0 amide bonds. The van der Waals surface area contributed by atoms with Gasteiger partial charge in [0.05, 0.1) is 5.69 Å². The Hall–Kier alpha value is -2.74. The van der Waals surface area contributed by atoms with E-state index in [0.717, 1.165) is 48.0 Å². The summed E-state index contributed by atoms with van der Waals surface area (Å²) in [6.07, 6.45) is 3.67. The summed E-state index contributed by atoms with van der Waals surface area (Å²) in [5.41, 5.74) is 2.69. The number of carboxylic acid groups (broad SMARTS) is 1. The average molecular weight is 386 g/mol. The van der Waals surface area contributed by atoms with Crippen molar-refractivity contribution in [2.24, 2.45) is 0 Å². The van der Waals surface area contributed by atoms with E-state index >= 15 is 0 Å². The predicted molar refractivity (Wildman–Crippen MR) is 102 cm³/mol. The van der Waals surface area contributed by atoms with E-state index in [1.54, 1.807) is 34.3 Å². The van der Waals surface area contributed by atoms with Gasteiger partial charge in [0.25, 0.3) is 0 Å². The van der Waals surface area contributed by atoms with Gasteiger partial charge in [-0.2, -0.15) is 5.10 Å². The lowest BCUT2D eigenvalue weighted by Crippen LogP contribution is -2.35. The van der Waals surface area contributed by atoms with Crippen LogP contribution in [0.25, 0.3) is 11.3 Å².